The van der Waals surface area contributed by atoms with Gasteiger partial charge in [-0.25, -0.2) is 9.78 Å². The molecule has 0 aliphatic heterocycles. The summed E-state index contributed by atoms with van der Waals surface area (Å²) in [7, 11) is 1.19. The second kappa shape index (κ2) is 4.27. The Labute approximate surface area is 79.7 Å². The molecule has 0 aliphatic carbocycles. The van der Waals surface area contributed by atoms with Crippen LogP contribution < -0.4 is 0 Å². The summed E-state index contributed by atoms with van der Waals surface area (Å²) < 4.78 is 4.40. The number of aldehydes is 2. The summed E-state index contributed by atoms with van der Waals surface area (Å²) in [5, 5.41) is 0. The quantitative estimate of drug-likeness (QED) is 0.516. The van der Waals surface area contributed by atoms with Crippen LogP contribution in [0.4, 0.5) is 0 Å². The molecule has 0 bridgehead atoms. The molecule has 1 heterocycles. The molecule has 0 unspecified atom stereocenters. The first-order valence-corrected chi connectivity index (χ1v) is 3.72. The summed E-state index contributed by atoms with van der Waals surface area (Å²) in [5.41, 5.74) is 0.178. The average Bonchev–Trinajstić information content (AvgIpc) is 2.27. The molecule has 1 rings (SSSR count). The monoisotopic (exact) mass is 193 g/mol. The lowest BCUT2D eigenvalue weighted by molar-refractivity contribution is 0.0594. The van der Waals surface area contributed by atoms with Gasteiger partial charge in [0.25, 0.3) is 0 Å². The van der Waals surface area contributed by atoms with Crippen LogP contribution in [0.1, 0.15) is 31.3 Å². The lowest BCUT2D eigenvalue weighted by Crippen LogP contribution is -2.07. The molecule has 1 aromatic heterocycles. The maximum Gasteiger partial charge on any atom is 0.356 e. The predicted octanol–water partition coefficient (Wildman–Crippen LogP) is 0.493. The molecule has 0 radical (unpaired) electrons. The van der Waals surface area contributed by atoms with Gasteiger partial charge in [-0.2, -0.15) is 0 Å². The molecule has 1 aromatic rings. The van der Waals surface area contributed by atoms with E-state index in [1.807, 2.05) is 0 Å². The maximum absolute atomic E-state index is 11.0. The third-order valence-corrected chi connectivity index (χ3v) is 1.52. The summed E-state index contributed by atoms with van der Waals surface area (Å²) >= 11 is 0. The highest BCUT2D eigenvalue weighted by atomic mass is 16.5. The fourth-order valence-corrected chi connectivity index (χ4v) is 0.911. The Balaban J connectivity index is 3.23. The predicted molar refractivity (Wildman–Crippen MR) is 46.4 cm³/mol. The second-order valence-corrected chi connectivity index (χ2v) is 2.44. The third-order valence-electron chi connectivity index (χ3n) is 1.52. The van der Waals surface area contributed by atoms with Crippen molar-refractivity contribution in [3.8, 4) is 0 Å². The summed E-state index contributed by atoms with van der Waals surface area (Å²) in [6.45, 7) is 0. The van der Waals surface area contributed by atoms with Gasteiger partial charge in [-0.05, 0) is 12.1 Å². The normalized spacial score (nSPS) is 9.21. The lowest BCUT2D eigenvalue weighted by Gasteiger charge is -1.99. The molecule has 0 saturated heterocycles. The highest BCUT2D eigenvalue weighted by Crippen LogP contribution is 2.04. The average molecular weight is 193 g/mol. The number of rotatable bonds is 3. The number of carbonyl (C=O) groups is 3. The van der Waals surface area contributed by atoms with Crippen LogP contribution in [0.25, 0.3) is 0 Å². The van der Waals surface area contributed by atoms with E-state index >= 15 is 0 Å². The van der Waals surface area contributed by atoms with Crippen molar-refractivity contribution in [3.05, 3.63) is 29.1 Å². The topological polar surface area (TPSA) is 73.3 Å². The van der Waals surface area contributed by atoms with Gasteiger partial charge >= 0.3 is 5.97 Å². The summed E-state index contributed by atoms with van der Waals surface area (Å²) in [5.74, 6) is -0.684. The van der Waals surface area contributed by atoms with Crippen molar-refractivity contribution in [2.45, 2.75) is 0 Å². The molecule has 5 nitrogen and oxygen atoms in total. The standard InChI is InChI=1S/C9H7NO4/c1-14-9(13)8-3-6(4-11)2-7(5-12)10-8/h2-5H,1H3. The van der Waals surface area contributed by atoms with Crippen LogP contribution in [0.3, 0.4) is 0 Å². The number of hydrogen-bond donors (Lipinski definition) is 0. The van der Waals surface area contributed by atoms with E-state index in [4.69, 9.17) is 0 Å². The molecule has 0 aliphatic rings. The van der Waals surface area contributed by atoms with Crippen LogP contribution in [0.5, 0.6) is 0 Å². The molecule has 72 valence electrons. The zero-order chi connectivity index (χ0) is 10.6. The highest BCUT2D eigenvalue weighted by Gasteiger charge is 2.09. The summed E-state index contributed by atoms with van der Waals surface area (Å²) in [6, 6.07) is 2.54. The van der Waals surface area contributed by atoms with Crippen LogP contribution in [0.15, 0.2) is 12.1 Å². The minimum Gasteiger partial charge on any atom is -0.464 e. The van der Waals surface area contributed by atoms with Crippen molar-refractivity contribution in [2.24, 2.45) is 0 Å². The van der Waals surface area contributed by atoms with Crippen molar-refractivity contribution in [1.29, 1.82) is 0 Å². The molecule has 14 heavy (non-hydrogen) atoms. The van der Waals surface area contributed by atoms with Gasteiger partial charge in [-0.3, -0.25) is 9.59 Å². The largest absolute Gasteiger partial charge is 0.464 e. The highest BCUT2D eigenvalue weighted by molar-refractivity contribution is 5.91. The molecule has 0 fully saturated rings. The van der Waals surface area contributed by atoms with E-state index in [0.717, 1.165) is 0 Å². The van der Waals surface area contributed by atoms with Gasteiger partial charge in [0.05, 0.1) is 7.11 Å². The number of nitrogens with zero attached hydrogens (tertiary/aromatic N) is 1. The van der Waals surface area contributed by atoms with Crippen LogP contribution in [-0.4, -0.2) is 30.6 Å². The Morgan fingerprint density at radius 2 is 2.07 bits per heavy atom. The molecular weight excluding hydrogens is 186 g/mol. The van der Waals surface area contributed by atoms with Crippen molar-refractivity contribution in [1.82, 2.24) is 4.98 Å². The van der Waals surface area contributed by atoms with Gasteiger partial charge in [-0.1, -0.05) is 0 Å². The number of esters is 1. The minimum atomic E-state index is -0.684. The number of ether oxygens (including phenoxy) is 1. The van der Waals surface area contributed by atoms with Crippen LogP contribution in [0, 0.1) is 0 Å². The maximum atomic E-state index is 11.0. The number of aromatic nitrogens is 1. The second-order valence-electron chi connectivity index (χ2n) is 2.44. The van der Waals surface area contributed by atoms with Crippen LogP contribution >= 0.6 is 0 Å². The van der Waals surface area contributed by atoms with E-state index in [-0.39, 0.29) is 17.0 Å². The first-order chi connectivity index (χ1) is 6.71. The molecule has 0 spiro atoms. The van der Waals surface area contributed by atoms with Crippen molar-refractivity contribution in [3.63, 3.8) is 0 Å². The summed E-state index contributed by atoms with van der Waals surface area (Å²) in [4.78, 5) is 35.6. The van der Waals surface area contributed by atoms with Gasteiger partial charge < -0.3 is 4.74 Å². The third kappa shape index (κ3) is 2.01. The Hall–Kier alpha value is -2.04. The molecule has 0 aromatic carbocycles. The van der Waals surface area contributed by atoms with E-state index < -0.39 is 5.97 Å². The van der Waals surface area contributed by atoms with Gasteiger partial charge in [0.15, 0.2) is 6.29 Å². The molecular formula is C9H7NO4. The van der Waals surface area contributed by atoms with Crippen molar-refractivity contribution >= 4 is 18.5 Å². The molecule has 5 heteroatoms. The van der Waals surface area contributed by atoms with E-state index in [1.165, 1.54) is 19.2 Å². The van der Waals surface area contributed by atoms with Gasteiger partial charge in [0, 0.05) is 5.56 Å². The minimum absolute atomic E-state index is 0.0231. The molecule has 0 saturated carbocycles. The van der Waals surface area contributed by atoms with E-state index in [9.17, 15) is 14.4 Å². The molecule has 0 N–H and O–H groups in total. The summed E-state index contributed by atoms with van der Waals surface area (Å²) in [6.07, 6.45) is 0.987. The Kier molecular flexibility index (Phi) is 3.06. The van der Waals surface area contributed by atoms with E-state index in [2.05, 4.69) is 9.72 Å². The first-order valence-electron chi connectivity index (χ1n) is 3.72. The van der Waals surface area contributed by atoms with Gasteiger partial charge in [0.1, 0.15) is 17.7 Å². The smallest absolute Gasteiger partial charge is 0.356 e. The van der Waals surface area contributed by atoms with E-state index in [0.29, 0.717) is 12.6 Å². The lowest BCUT2D eigenvalue weighted by atomic mass is 10.2. The van der Waals surface area contributed by atoms with Crippen molar-refractivity contribution in [2.75, 3.05) is 7.11 Å². The fraction of sp³-hybridized carbons (Fsp3) is 0.111. The van der Waals surface area contributed by atoms with E-state index in [1.54, 1.807) is 0 Å². The van der Waals surface area contributed by atoms with Crippen LogP contribution in [0.2, 0.25) is 0 Å². The zero-order valence-corrected chi connectivity index (χ0v) is 7.39. The van der Waals surface area contributed by atoms with Crippen molar-refractivity contribution < 1.29 is 19.1 Å². The first kappa shape index (κ1) is 10.0. The Morgan fingerprint density at radius 3 is 2.57 bits per heavy atom. The van der Waals surface area contributed by atoms with Gasteiger partial charge in [0.2, 0.25) is 0 Å². The number of hydrogen-bond acceptors (Lipinski definition) is 5. The molecule has 0 amide bonds. The van der Waals surface area contributed by atoms with Gasteiger partial charge in [-0.15, -0.1) is 0 Å². The zero-order valence-electron chi connectivity index (χ0n) is 7.39. The number of methoxy groups -OCH3 is 1. The van der Waals surface area contributed by atoms with Crippen LogP contribution in [-0.2, 0) is 4.74 Å². The molecule has 0 atom stereocenters. The SMILES string of the molecule is COC(=O)c1cc(C=O)cc(C=O)n1. The Bertz CT molecular complexity index is 360. The fourth-order valence-electron chi connectivity index (χ4n) is 0.911. The number of pyridine rings is 1. The Morgan fingerprint density at radius 1 is 1.36 bits per heavy atom. The number of carbonyl (C=O) groups excluding carboxylic acids is 3.